The van der Waals surface area contributed by atoms with Gasteiger partial charge >= 0.3 is 6.09 Å². The van der Waals surface area contributed by atoms with E-state index in [1.165, 1.54) is 0 Å². The normalized spacial score (nSPS) is 28.5. The first kappa shape index (κ1) is 20.9. The van der Waals surface area contributed by atoms with Gasteiger partial charge < -0.3 is 10.1 Å². The zero-order chi connectivity index (χ0) is 20.4. The van der Waals surface area contributed by atoms with Gasteiger partial charge in [-0.15, -0.1) is 0 Å². The van der Waals surface area contributed by atoms with Crippen LogP contribution in [0.25, 0.3) is 0 Å². The van der Waals surface area contributed by atoms with Crippen molar-refractivity contribution in [2.45, 2.75) is 76.0 Å². The molecule has 1 saturated heterocycles. The lowest BCUT2D eigenvalue weighted by Gasteiger charge is -2.38. The van der Waals surface area contributed by atoms with Gasteiger partial charge in [-0.2, -0.15) is 5.26 Å². The number of nitrogens with zero attached hydrogens (tertiary/aromatic N) is 3. The molecule has 152 valence electrons. The minimum atomic E-state index is -0.519. The smallest absolute Gasteiger partial charge is 0.407 e. The van der Waals surface area contributed by atoms with E-state index in [1.54, 1.807) is 6.20 Å². The van der Waals surface area contributed by atoms with Crippen LogP contribution >= 0.6 is 11.6 Å². The second-order valence-electron chi connectivity index (χ2n) is 8.91. The number of carbonyl (C=O) groups excluding carboxylic acids is 1. The Morgan fingerprint density at radius 2 is 2.07 bits per heavy atom. The number of halogens is 1. The molecule has 0 bridgehead atoms. The Morgan fingerprint density at radius 3 is 2.64 bits per heavy atom. The fourth-order valence-electron chi connectivity index (χ4n) is 4.26. The van der Waals surface area contributed by atoms with Crippen molar-refractivity contribution in [3.05, 3.63) is 29.0 Å². The average Bonchev–Trinajstić information content (AvgIpc) is 3.09. The van der Waals surface area contributed by atoms with Crippen molar-refractivity contribution in [3.63, 3.8) is 0 Å². The summed E-state index contributed by atoms with van der Waals surface area (Å²) >= 11 is 5.94. The maximum Gasteiger partial charge on any atom is 0.407 e. The van der Waals surface area contributed by atoms with Gasteiger partial charge in [0.1, 0.15) is 5.60 Å². The number of ether oxygens (including phenoxy) is 1. The zero-order valence-corrected chi connectivity index (χ0v) is 17.6. The maximum absolute atomic E-state index is 12.0. The summed E-state index contributed by atoms with van der Waals surface area (Å²) in [5, 5.41) is 13.4. The molecule has 1 N–H and O–H groups in total. The highest BCUT2D eigenvalue weighted by atomic mass is 35.5. The molecule has 1 aromatic heterocycles. The monoisotopic (exact) mass is 404 g/mol. The van der Waals surface area contributed by atoms with E-state index in [-0.39, 0.29) is 12.1 Å². The standard InChI is InChI=1S/C21H29ClN4O2/c1-20(2,3)28-19(27)25-16-8-11-26(13-16)17-6-9-21(14-23,10-7-17)18-5-4-15(22)12-24-18/h4-5,12,16-17H,6-11,13H2,1-3H3,(H,25,27)/t16-,17?,21?/m0/s1. The third-order valence-electron chi connectivity index (χ3n) is 5.70. The summed E-state index contributed by atoms with van der Waals surface area (Å²) in [6.45, 7) is 7.40. The fraction of sp³-hybridized carbons (Fsp3) is 0.667. The Kier molecular flexibility index (Phi) is 6.16. The van der Waals surface area contributed by atoms with Crippen LogP contribution in [0.4, 0.5) is 4.79 Å². The fourth-order valence-corrected chi connectivity index (χ4v) is 4.37. The van der Waals surface area contributed by atoms with E-state index in [9.17, 15) is 10.1 Å². The zero-order valence-electron chi connectivity index (χ0n) is 16.9. The topological polar surface area (TPSA) is 78.2 Å². The highest BCUT2D eigenvalue weighted by Crippen LogP contribution is 2.40. The molecule has 3 rings (SSSR count). The molecular weight excluding hydrogens is 376 g/mol. The van der Waals surface area contributed by atoms with Gasteiger partial charge in [0.2, 0.25) is 0 Å². The molecule has 1 atom stereocenters. The lowest BCUT2D eigenvalue weighted by atomic mass is 9.71. The SMILES string of the molecule is CC(C)(C)OC(=O)N[C@H]1CCN(C2CCC(C#N)(c3ccc(Cl)cn3)CC2)C1. The van der Waals surface area contributed by atoms with Gasteiger partial charge in [-0.25, -0.2) is 4.79 Å². The van der Waals surface area contributed by atoms with Gasteiger partial charge in [0, 0.05) is 31.4 Å². The van der Waals surface area contributed by atoms with E-state index < -0.39 is 11.0 Å². The molecular formula is C21H29ClN4O2. The van der Waals surface area contributed by atoms with Crippen LogP contribution in [0.1, 0.15) is 58.6 Å². The van der Waals surface area contributed by atoms with Crippen LogP contribution in [0.5, 0.6) is 0 Å². The number of hydrogen-bond acceptors (Lipinski definition) is 5. The van der Waals surface area contributed by atoms with Gasteiger partial charge in [-0.3, -0.25) is 9.88 Å². The van der Waals surface area contributed by atoms with E-state index in [4.69, 9.17) is 16.3 Å². The summed E-state index contributed by atoms with van der Waals surface area (Å²) in [7, 11) is 0. The molecule has 2 aliphatic rings. The summed E-state index contributed by atoms with van der Waals surface area (Å²) in [5.74, 6) is 0. The first-order chi connectivity index (χ1) is 13.2. The van der Waals surface area contributed by atoms with E-state index >= 15 is 0 Å². The molecule has 2 heterocycles. The molecule has 6 nitrogen and oxygen atoms in total. The average molecular weight is 405 g/mol. The van der Waals surface area contributed by atoms with E-state index in [1.807, 2.05) is 32.9 Å². The summed E-state index contributed by atoms with van der Waals surface area (Å²) in [5.41, 5.74) is -0.180. The quantitative estimate of drug-likeness (QED) is 0.822. The molecule has 2 fully saturated rings. The minimum Gasteiger partial charge on any atom is -0.444 e. The molecule has 1 saturated carbocycles. The number of aromatic nitrogens is 1. The number of hydrogen-bond donors (Lipinski definition) is 1. The number of pyridine rings is 1. The van der Waals surface area contributed by atoms with Crippen LogP contribution in [0.15, 0.2) is 18.3 Å². The largest absolute Gasteiger partial charge is 0.444 e. The summed E-state index contributed by atoms with van der Waals surface area (Å²) in [6, 6.07) is 6.77. The molecule has 7 heteroatoms. The van der Waals surface area contributed by atoms with E-state index in [2.05, 4.69) is 21.3 Å². The molecule has 1 aliphatic heterocycles. The first-order valence-electron chi connectivity index (χ1n) is 9.98. The number of amides is 1. The molecule has 1 amide bonds. The van der Waals surface area contributed by atoms with Crippen molar-refractivity contribution in [1.82, 2.24) is 15.2 Å². The first-order valence-corrected chi connectivity index (χ1v) is 10.4. The lowest BCUT2D eigenvalue weighted by Crippen LogP contribution is -2.44. The second kappa shape index (κ2) is 8.26. The van der Waals surface area contributed by atoms with Gasteiger partial charge in [-0.05, 0) is 65.0 Å². The summed E-state index contributed by atoms with van der Waals surface area (Å²) in [4.78, 5) is 18.9. The van der Waals surface area contributed by atoms with Gasteiger partial charge in [-0.1, -0.05) is 11.6 Å². The van der Waals surface area contributed by atoms with Gasteiger partial charge in [0.15, 0.2) is 0 Å². The second-order valence-corrected chi connectivity index (χ2v) is 9.35. The van der Waals surface area contributed by atoms with Crippen LogP contribution < -0.4 is 5.32 Å². The summed E-state index contributed by atoms with van der Waals surface area (Å²) < 4.78 is 5.36. The Labute approximate surface area is 172 Å². The Bertz CT molecular complexity index is 730. The Balaban J connectivity index is 1.53. The number of alkyl carbamates (subject to hydrolysis) is 1. The van der Waals surface area contributed by atoms with Crippen molar-refractivity contribution in [2.75, 3.05) is 13.1 Å². The highest BCUT2D eigenvalue weighted by molar-refractivity contribution is 6.30. The molecule has 1 aliphatic carbocycles. The van der Waals surface area contributed by atoms with Crippen molar-refractivity contribution in [1.29, 1.82) is 5.26 Å². The summed E-state index contributed by atoms with van der Waals surface area (Å²) in [6.07, 6.45) is 5.70. The van der Waals surface area contributed by atoms with Gasteiger partial charge in [0.05, 0.1) is 22.2 Å². The lowest BCUT2D eigenvalue weighted by molar-refractivity contribution is 0.0503. The molecule has 0 aromatic carbocycles. The molecule has 0 radical (unpaired) electrons. The molecule has 1 aromatic rings. The van der Waals surface area contributed by atoms with Crippen molar-refractivity contribution >= 4 is 17.7 Å². The molecule has 28 heavy (non-hydrogen) atoms. The highest BCUT2D eigenvalue weighted by Gasteiger charge is 2.41. The van der Waals surface area contributed by atoms with Gasteiger partial charge in [0.25, 0.3) is 0 Å². The number of nitriles is 1. The predicted octanol–water partition coefficient (Wildman–Crippen LogP) is 4.04. The third kappa shape index (κ3) is 4.95. The van der Waals surface area contributed by atoms with Crippen LogP contribution in [-0.2, 0) is 10.2 Å². The Morgan fingerprint density at radius 1 is 1.36 bits per heavy atom. The van der Waals surface area contributed by atoms with Crippen LogP contribution in [0.3, 0.4) is 0 Å². The van der Waals surface area contributed by atoms with Crippen molar-refractivity contribution in [3.8, 4) is 6.07 Å². The maximum atomic E-state index is 12.0. The number of nitrogens with one attached hydrogen (secondary N) is 1. The minimum absolute atomic E-state index is 0.121. The molecule has 0 unspecified atom stereocenters. The van der Waals surface area contributed by atoms with Crippen LogP contribution in [0.2, 0.25) is 5.02 Å². The van der Waals surface area contributed by atoms with E-state index in [0.29, 0.717) is 11.1 Å². The van der Waals surface area contributed by atoms with Crippen LogP contribution in [-0.4, -0.2) is 46.8 Å². The molecule has 0 spiro atoms. The van der Waals surface area contributed by atoms with Crippen molar-refractivity contribution in [2.24, 2.45) is 0 Å². The number of carbonyl (C=O) groups is 1. The Hall–Kier alpha value is -1.84. The third-order valence-corrected chi connectivity index (χ3v) is 5.92. The van der Waals surface area contributed by atoms with Crippen molar-refractivity contribution < 1.29 is 9.53 Å². The van der Waals surface area contributed by atoms with Crippen LogP contribution in [0, 0.1) is 11.3 Å². The number of rotatable bonds is 3. The number of likely N-dealkylation sites (tertiary alicyclic amines) is 1. The predicted molar refractivity (Wildman–Crippen MR) is 108 cm³/mol. The van der Waals surface area contributed by atoms with E-state index in [0.717, 1.165) is 50.9 Å².